The average Bonchev–Trinajstić information content (AvgIpc) is 3.11. The quantitative estimate of drug-likeness (QED) is 0.667. The number of amides is 1. The SMILES string of the molecule is CSc1ccc(CNC(=O)C2CC(c3ccc(Br)cc3)NN2)cc1. The van der Waals surface area contributed by atoms with Crippen molar-refractivity contribution in [2.75, 3.05) is 6.26 Å². The van der Waals surface area contributed by atoms with Gasteiger partial charge in [-0.05, 0) is 48.1 Å². The zero-order valence-electron chi connectivity index (χ0n) is 13.4. The van der Waals surface area contributed by atoms with Crippen LogP contribution in [0.3, 0.4) is 0 Å². The second-order valence-corrected chi connectivity index (χ2v) is 7.54. The highest BCUT2D eigenvalue weighted by atomic mass is 79.9. The van der Waals surface area contributed by atoms with Gasteiger partial charge >= 0.3 is 0 Å². The van der Waals surface area contributed by atoms with Gasteiger partial charge in [-0.15, -0.1) is 11.8 Å². The van der Waals surface area contributed by atoms with Gasteiger partial charge < -0.3 is 5.32 Å². The Kier molecular flexibility index (Phi) is 5.94. The zero-order valence-corrected chi connectivity index (χ0v) is 15.8. The van der Waals surface area contributed by atoms with Crippen LogP contribution in [0.2, 0.25) is 0 Å². The normalized spacial score (nSPS) is 20.1. The molecule has 1 fully saturated rings. The molecule has 1 aliphatic heterocycles. The molecule has 2 aromatic carbocycles. The van der Waals surface area contributed by atoms with Crippen molar-refractivity contribution in [1.29, 1.82) is 0 Å². The van der Waals surface area contributed by atoms with Crippen molar-refractivity contribution in [3.05, 3.63) is 64.1 Å². The molecule has 1 amide bonds. The summed E-state index contributed by atoms with van der Waals surface area (Å²) in [4.78, 5) is 13.6. The molecule has 1 heterocycles. The van der Waals surface area contributed by atoms with Gasteiger partial charge in [0.1, 0.15) is 6.04 Å². The predicted octanol–water partition coefficient (Wildman–Crippen LogP) is 3.40. The van der Waals surface area contributed by atoms with Crippen molar-refractivity contribution in [3.63, 3.8) is 0 Å². The number of carbonyl (C=O) groups is 1. The number of hydrogen-bond acceptors (Lipinski definition) is 4. The molecular formula is C18H20BrN3OS. The van der Waals surface area contributed by atoms with Crippen molar-refractivity contribution in [2.45, 2.75) is 29.9 Å². The Labute approximate surface area is 154 Å². The van der Waals surface area contributed by atoms with Crippen LogP contribution in [0, 0.1) is 0 Å². The molecule has 24 heavy (non-hydrogen) atoms. The lowest BCUT2D eigenvalue weighted by Gasteiger charge is -2.11. The molecule has 2 aromatic rings. The van der Waals surface area contributed by atoms with Crippen LogP contribution in [0.1, 0.15) is 23.6 Å². The molecule has 0 aromatic heterocycles. The molecule has 6 heteroatoms. The molecule has 2 unspecified atom stereocenters. The van der Waals surface area contributed by atoms with Crippen molar-refractivity contribution in [3.8, 4) is 0 Å². The van der Waals surface area contributed by atoms with Crippen LogP contribution in [-0.4, -0.2) is 18.2 Å². The molecule has 2 atom stereocenters. The zero-order chi connectivity index (χ0) is 16.9. The maximum atomic E-state index is 12.3. The summed E-state index contributed by atoms with van der Waals surface area (Å²) >= 11 is 5.15. The molecule has 3 N–H and O–H groups in total. The molecule has 1 saturated heterocycles. The third-order valence-electron chi connectivity index (χ3n) is 4.12. The number of hydrogen-bond donors (Lipinski definition) is 3. The van der Waals surface area contributed by atoms with E-state index in [1.165, 1.54) is 10.5 Å². The Morgan fingerprint density at radius 1 is 1.17 bits per heavy atom. The minimum absolute atomic E-state index is 0.0241. The third kappa shape index (κ3) is 4.39. The van der Waals surface area contributed by atoms with Gasteiger partial charge in [0.25, 0.3) is 0 Å². The second kappa shape index (κ2) is 8.16. The Bertz CT molecular complexity index is 690. The van der Waals surface area contributed by atoms with E-state index < -0.39 is 0 Å². The predicted molar refractivity (Wildman–Crippen MR) is 102 cm³/mol. The molecule has 0 spiro atoms. The fourth-order valence-corrected chi connectivity index (χ4v) is 3.37. The van der Waals surface area contributed by atoms with E-state index in [-0.39, 0.29) is 18.0 Å². The summed E-state index contributed by atoms with van der Waals surface area (Å²) in [6.07, 6.45) is 2.79. The van der Waals surface area contributed by atoms with Crippen LogP contribution in [0.5, 0.6) is 0 Å². The fourth-order valence-electron chi connectivity index (χ4n) is 2.70. The molecular weight excluding hydrogens is 386 g/mol. The summed E-state index contributed by atoms with van der Waals surface area (Å²) in [5, 5.41) is 3.00. The number of nitrogens with one attached hydrogen (secondary N) is 3. The van der Waals surface area contributed by atoms with Crippen molar-refractivity contribution >= 4 is 33.6 Å². The van der Waals surface area contributed by atoms with E-state index in [0.717, 1.165) is 16.5 Å². The molecule has 126 valence electrons. The maximum absolute atomic E-state index is 12.3. The summed E-state index contributed by atoms with van der Waals surface area (Å²) in [6, 6.07) is 16.3. The summed E-state index contributed by atoms with van der Waals surface area (Å²) < 4.78 is 1.05. The first-order chi connectivity index (χ1) is 11.7. The Morgan fingerprint density at radius 2 is 1.88 bits per heavy atom. The van der Waals surface area contributed by atoms with Crippen LogP contribution >= 0.6 is 27.7 Å². The molecule has 0 bridgehead atoms. The Hall–Kier alpha value is -1.34. The lowest BCUT2D eigenvalue weighted by Crippen LogP contribution is -2.42. The highest BCUT2D eigenvalue weighted by molar-refractivity contribution is 9.10. The molecule has 3 rings (SSSR count). The van der Waals surface area contributed by atoms with Gasteiger partial charge in [0.05, 0.1) is 0 Å². The van der Waals surface area contributed by atoms with E-state index in [0.29, 0.717) is 6.54 Å². The van der Waals surface area contributed by atoms with Gasteiger partial charge in [-0.1, -0.05) is 40.2 Å². The molecule has 1 aliphatic rings. The molecule has 0 aliphatic carbocycles. The first-order valence-electron chi connectivity index (χ1n) is 7.83. The lowest BCUT2D eigenvalue weighted by atomic mass is 10.0. The summed E-state index contributed by atoms with van der Waals surface area (Å²) in [6.45, 7) is 0.550. The number of rotatable bonds is 5. The van der Waals surface area contributed by atoms with Crippen molar-refractivity contribution in [1.82, 2.24) is 16.2 Å². The summed E-state index contributed by atoms with van der Waals surface area (Å²) in [5.41, 5.74) is 8.59. The standard InChI is InChI=1S/C18H20BrN3OS/c1-24-15-8-2-12(3-9-15)11-20-18(23)17-10-16(21-22-17)13-4-6-14(19)7-5-13/h2-9,16-17,21-22H,10-11H2,1H3,(H,20,23). The monoisotopic (exact) mass is 405 g/mol. The van der Waals surface area contributed by atoms with Crippen molar-refractivity contribution < 1.29 is 4.79 Å². The van der Waals surface area contributed by atoms with E-state index in [2.05, 4.69) is 74.8 Å². The first kappa shape index (κ1) is 17.5. The summed E-state index contributed by atoms with van der Waals surface area (Å²) in [7, 11) is 0. The van der Waals surface area contributed by atoms with Gasteiger partial charge in [0.2, 0.25) is 5.91 Å². The minimum atomic E-state index is -0.218. The van der Waals surface area contributed by atoms with Crippen LogP contribution in [-0.2, 0) is 11.3 Å². The van der Waals surface area contributed by atoms with E-state index in [9.17, 15) is 4.79 Å². The van der Waals surface area contributed by atoms with Gasteiger partial charge in [0.15, 0.2) is 0 Å². The minimum Gasteiger partial charge on any atom is -0.351 e. The smallest absolute Gasteiger partial charge is 0.238 e. The van der Waals surface area contributed by atoms with E-state index in [1.807, 2.05) is 12.1 Å². The number of carbonyl (C=O) groups excluding carboxylic acids is 1. The largest absolute Gasteiger partial charge is 0.351 e. The Morgan fingerprint density at radius 3 is 2.54 bits per heavy atom. The Balaban J connectivity index is 1.51. The first-order valence-corrected chi connectivity index (χ1v) is 9.84. The molecule has 0 saturated carbocycles. The van der Waals surface area contributed by atoms with Gasteiger partial charge in [-0.25, -0.2) is 10.9 Å². The van der Waals surface area contributed by atoms with Gasteiger partial charge in [0, 0.05) is 22.0 Å². The van der Waals surface area contributed by atoms with Crippen LogP contribution in [0.15, 0.2) is 57.9 Å². The highest BCUT2D eigenvalue weighted by Crippen LogP contribution is 2.24. The topological polar surface area (TPSA) is 53.2 Å². The fraction of sp³-hybridized carbons (Fsp3) is 0.278. The average molecular weight is 406 g/mol. The van der Waals surface area contributed by atoms with E-state index in [4.69, 9.17) is 0 Å². The third-order valence-corrected chi connectivity index (χ3v) is 5.39. The molecule has 4 nitrogen and oxygen atoms in total. The van der Waals surface area contributed by atoms with Crippen LogP contribution in [0.4, 0.5) is 0 Å². The summed E-state index contributed by atoms with van der Waals surface area (Å²) in [5.74, 6) is 0.0241. The van der Waals surface area contributed by atoms with E-state index in [1.54, 1.807) is 11.8 Å². The number of hydrazine groups is 1. The van der Waals surface area contributed by atoms with Gasteiger partial charge in [-0.3, -0.25) is 4.79 Å². The number of benzene rings is 2. The van der Waals surface area contributed by atoms with Crippen LogP contribution < -0.4 is 16.2 Å². The number of thioether (sulfide) groups is 1. The highest BCUT2D eigenvalue weighted by Gasteiger charge is 2.29. The lowest BCUT2D eigenvalue weighted by molar-refractivity contribution is -0.123. The van der Waals surface area contributed by atoms with E-state index >= 15 is 0 Å². The van der Waals surface area contributed by atoms with Crippen molar-refractivity contribution in [2.24, 2.45) is 0 Å². The van der Waals surface area contributed by atoms with Crippen LogP contribution in [0.25, 0.3) is 0 Å². The number of halogens is 1. The molecule has 0 radical (unpaired) electrons. The maximum Gasteiger partial charge on any atom is 0.238 e. The van der Waals surface area contributed by atoms with Gasteiger partial charge in [-0.2, -0.15) is 0 Å². The second-order valence-electron chi connectivity index (χ2n) is 5.75.